The van der Waals surface area contributed by atoms with Gasteiger partial charge in [0, 0.05) is 12.2 Å². The molecule has 4 nitrogen and oxygen atoms in total. The molecule has 0 aromatic heterocycles. The van der Waals surface area contributed by atoms with Crippen molar-refractivity contribution in [2.45, 2.75) is 19.8 Å². The van der Waals surface area contributed by atoms with E-state index in [4.69, 9.17) is 9.47 Å². The summed E-state index contributed by atoms with van der Waals surface area (Å²) in [4.78, 5) is 14.7. The van der Waals surface area contributed by atoms with E-state index in [9.17, 15) is 9.18 Å². The molecule has 0 bridgehead atoms. The Morgan fingerprint density at radius 3 is 3.00 bits per heavy atom. The van der Waals surface area contributed by atoms with Crippen LogP contribution >= 0.6 is 0 Å². The molecule has 0 saturated carbocycles. The number of rotatable bonds is 3. The van der Waals surface area contributed by atoms with Crippen LogP contribution < -0.4 is 14.4 Å². The molecule has 1 atom stereocenters. The highest BCUT2D eigenvalue weighted by Crippen LogP contribution is 2.34. The summed E-state index contributed by atoms with van der Waals surface area (Å²) in [6, 6.07) is 10.4. The smallest absolute Gasteiger partial charge is 0.233 e. The van der Waals surface area contributed by atoms with E-state index in [1.54, 1.807) is 11.0 Å². The lowest BCUT2D eigenvalue weighted by atomic mass is 9.95. The number of ether oxygens (including phenoxy) is 2. The summed E-state index contributed by atoms with van der Waals surface area (Å²) in [5.41, 5.74) is 2.69. The van der Waals surface area contributed by atoms with Crippen molar-refractivity contribution in [2.24, 2.45) is 5.92 Å². The topological polar surface area (TPSA) is 38.8 Å². The number of carbonyl (C=O) groups is 1. The normalized spacial score (nSPS) is 18.3. The van der Waals surface area contributed by atoms with E-state index >= 15 is 0 Å². The SMILES string of the molecule is CCOc1ccc2c(c1)CC(C(=O)N1CCc3ccc(F)cc31)CO2. The van der Waals surface area contributed by atoms with Crippen LogP contribution in [0.5, 0.6) is 11.5 Å². The van der Waals surface area contributed by atoms with Gasteiger partial charge in [-0.3, -0.25) is 4.79 Å². The molecule has 5 heteroatoms. The minimum atomic E-state index is -0.315. The molecular formula is C20H20FNO3. The standard InChI is InChI=1S/C20H20FNO3/c1-2-24-17-5-6-19-14(10-17)9-15(12-25-19)20(23)22-8-7-13-3-4-16(21)11-18(13)22/h3-6,10-11,15H,2,7-9,12H2,1H3. The number of hydrogen-bond donors (Lipinski definition) is 0. The lowest BCUT2D eigenvalue weighted by molar-refractivity contribution is -0.123. The third kappa shape index (κ3) is 2.95. The summed E-state index contributed by atoms with van der Waals surface area (Å²) >= 11 is 0. The van der Waals surface area contributed by atoms with E-state index in [0.29, 0.717) is 31.9 Å². The number of carbonyl (C=O) groups excluding carboxylic acids is 1. The summed E-state index contributed by atoms with van der Waals surface area (Å²) in [5.74, 6) is 1.01. The van der Waals surface area contributed by atoms with E-state index in [2.05, 4.69) is 0 Å². The molecule has 1 amide bonds. The van der Waals surface area contributed by atoms with E-state index < -0.39 is 0 Å². The van der Waals surface area contributed by atoms with Crippen LogP contribution in [0.3, 0.4) is 0 Å². The third-order valence-electron chi connectivity index (χ3n) is 4.81. The molecule has 2 aliphatic heterocycles. The monoisotopic (exact) mass is 341 g/mol. The average Bonchev–Trinajstić information content (AvgIpc) is 3.03. The molecule has 2 heterocycles. The number of amides is 1. The van der Waals surface area contributed by atoms with Crippen LogP contribution in [-0.4, -0.2) is 25.7 Å². The van der Waals surface area contributed by atoms with Crippen LogP contribution in [0.4, 0.5) is 10.1 Å². The summed E-state index contributed by atoms with van der Waals surface area (Å²) in [6.45, 7) is 3.48. The van der Waals surface area contributed by atoms with Gasteiger partial charge in [0.1, 0.15) is 23.9 Å². The van der Waals surface area contributed by atoms with Crippen LogP contribution in [0, 0.1) is 11.7 Å². The highest BCUT2D eigenvalue weighted by Gasteiger charge is 2.33. The van der Waals surface area contributed by atoms with Crippen LogP contribution in [-0.2, 0) is 17.6 Å². The van der Waals surface area contributed by atoms with Gasteiger partial charge >= 0.3 is 0 Å². The molecule has 1 unspecified atom stereocenters. The molecule has 0 fully saturated rings. The van der Waals surface area contributed by atoms with Crippen LogP contribution in [0.25, 0.3) is 0 Å². The Morgan fingerprint density at radius 2 is 2.16 bits per heavy atom. The van der Waals surface area contributed by atoms with Gasteiger partial charge in [0.25, 0.3) is 0 Å². The second kappa shape index (κ2) is 6.39. The summed E-state index contributed by atoms with van der Waals surface area (Å²) < 4.78 is 24.9. The third-order valence-corrected chi connectivity index (χ3v) is 4.81. The average molecular weight is 341 g/mol. The number of nitrogens with zero attached hydrogens (tertiary/aromatic N) is 1. The molecule has 2 aromatic carbocycles. The minimum absolute atomic E-state index is 0.00295. The second-order valence-electron chi connectivity index (χ2n) is 6.43. The van der Waals surface area contributed by atoms with Gasteiger partial charge in [-0.2, -0.15) is 0 Å². The van der Waals surface area contributed by atoms with E-state index in [1.807, 2.05) is 25.1 Å². The molecule has 0 N–H and O–H groups in total. The van der Waals surface area contributed by atoms with Crippen molar-refractivity contribution in [2.75, 3.05) is 24.7 Å². The molecule has 4 rings (SSSR count). The molecule has 130 valence electrons. The zero-order valence-electron chi connectivity index (χ0n) is 14.1. The first kappa shape index (κ1) is 15.9. The van der Waals surface area contributed by atoms with E-state index in [1.165, 1.54) is 12.1 Å². The maximum Gasteiger partial charge on any atom is 0.233 e. The van der Waals surface area contributed by atoms with Crippen molar-refractivity contribution < 1.29 is 18.7 Å². The number of halogens is 1. The van der Waals surface area contributed by atoms with Crippen molar-refractivity contribution in [1.29, 1.82) is 0 Å². The second-order valence-corrected chi connectivity index (χ2v) is 6.43. The van der Waals surface area contributed by atoms with Gasteiger partial charge in [0.2, 0.25) is 5.91 Å². The fourth-order valence-corrected chi connectivity index (χ4v) is 3.59. The van der Waals surface area contributed by atoms with Crippen molar-refractivity contribution in [3.05, 3.63) is 53.3 Å². The number of anilines is 1. The Bertz CT molecular complexity index is 821. The van der Waals surface area contributed by atoms with Gasteiger partial charge in [-0.25, -0.2) is 4.39 Å². The van der Waals surface area contributed by atoms with E-state index in [-0.39, 0.29) is 17.6 Å². The first-order chi connectivity index (χ1) is 12.2. The molecule has 2 aromatic rings. The fraction of sp³-hybridized carbons (Fsp3) is 0.350. The lowest BCUT2D eigenvalue weighted by Gasteiger charge is -2.28. The highest BCUT2D eigenvalue weighted by molar-refractivity contribution is 5.97. The fourth-order valence-electron chi connectivity index (χ4n) is 3.59. The molecule has 2 aliphatic rings. The Labute approximate surface area is 146 Å². The van der Waals surface area contributed by atoms with Crippen LogP contribution in [0.15, 0.2) is 36.4 Å². The Morgan fingerprint density at radius 1 is 1.28 bits per heavy atom. The predicted molar refractivity (Wildman–Crippen MR) is 92.8 cm³/mol. The quantitative estimate of drug-likeness (QED) is 0.859. The van der Waals surface area contributed by atoms with Crippen molar-refractivity contribution in [3.63, 3.8) is 0 Å². The highest BCUT2D eigenvalue weighted by atomic mass is 19.1. The van der Waals surface area contributed by atoms with Gasteiger partial charge in [0.15, 0.2) is 0 Å². The molecular weight excluding hydrogens is 321 g/mol. The van der Waals surface area contributed by atoms with Crippen molar-refractivity contribution in [3.8, 4) is 11.5 Å². The Hall–Kier alpha value is -2.56. The Balaban J connectivity index is 1.55. The van der Waals surface area contributed by atoms with Gasteiger partial charge in [-0.05, 0) is 61.2 Å². The summed E-state index contributed by atoms with van der Waals surface area (Å²) in [7, 11) is 0. The molecule has 0 radical (unpaired) electrons. The van der Waals surface area contributed by atoms with E-state index in [0.717, 1.165) is 29.0 Å². The maximum atomic E-state index is 13.6. The molecule has 0 aliphatic carbocycles. The van der Waals surface area contributed by atoms with Gasteiger partial charge in [0.05, 0.1) is 12.5 Å². The van der Waals surface area contributed by atoms with Crippen LogP contribution in [0.2, 0.25) is 0 Å². The van der Waals surface area contributed by atoms with Gasteiger partial charge in [-0.1, -0.05) is 6.07 Å². The minimum Gasteiger partial charge on any atom is -0.494 e. The van der Waals surface area contributed by atoms with Gasteiger partial charge < -0.3 is 14.4 Å². The Kier molecular flexibility index (Phi) is 4.07. The number of hydrogen-bond acceptors (Lipinski definition) is 3. The number of benzene rings is 2. The largest absolute Gasteiger partial charge is 0.494 e. The first-order valence-corrected chi connectivity index (χ1v) is 8.64. The van der Waals surface area contributed by atoms with Crippen molar-refractivity contribution >= 4 is 11.6 Å². The van der Waals surface area contributed by atoms with Gasteiger partial charge in [-0.15, -0.1) is 0 Å². The summed E-state index contributed by atoms with van der Waals surface area (Å²) in [5, 5.41) is 0. The zero-order chi connectivity index (χ0) is 17.4. The number of fused-ring (bicyclic) bond motifs is 2. The summed E-state index contributed by atoms with van der Waals surface area (Å²) in [6.07, 6.45) is 1.37. The maximum absolute atomic E-state index is 13.6. The molecule has 0 spiro atoms. The lowest BCUT2D eigenvalue weighted by Crippen LogP contribution is -2.40. The molecule has 0 saturated heterocycles. The first-order valence-electron chi connectivity index (χ1n) is 8.64. The molecule has 25 heavy (non-hydrogen) atoms. The van der Waals surface area contributed by atoms with Crippen LogP contribution in [0.1, 0.15) is 18.1 Å². The van der Waals surface area contributed by atoms with Crippen molar-refractivity contribution in [1.82, 2.24) is 0 Å². The zero-order valence-corrected chi connectivity index (χ0v) is 14.1. The predicted octanol–water partition coefficient (Wildman–Crippen LogP) is 3.36.